The molecule has 0 spiro atoms. The van der Waals surface area contributed by atoms with Crippen molar-refractivity contribution >= 4 is 12.1 Å². The number of nitrogens with zero attached hydrogens (tertiary/aromatic N) is 3. The first-order valence-electron chi connectivity index (χ1n) is 6.23. The van der Waals surface area contributed by atoms with Crippen LogP contribution in [0.4, 0.5) is 0 Å². The van der Waals surface area contributed by atoms with E-state index >= 15 is 0 Å². The van der Waals surface area contributed by atoms with Gasteiger partial charge in [0.25, 0.3) is 5.91 Å². The molecule has 0 saturated heterocycles. The highest BCUT2D eigenvalue weighted by Crippen LogP contribution is 2.21. The Morgan fingerprint density at radius 3 is 3.00 bits per heavy atom. The van der Waals surface area contributed by atoms with Crippen molar-refractivity contribution in [3.05, 3.63) is 66.3 Å². The Labute approximate surface area is 121 Å². The normalized spacial score (nSPS) is 10.5. The van der Waals surface area contributed by atoms with Gasteiger partial charge in [0.1, 0.15) is 11.4 Å². The third kappa shape index (κ3) is 3.73. The third-order valence-electron chi connectivity index (χ3n) is 2.68. The van der Waals surface area contributed by atoms with E-state index in [2.05, 4.69) is 27.1 Å². The summed E-state index contributed by atoms with van der Waals surface area (Å²) in [7, 11) is 0. The van der Waals surface area contributed by atoms with Crippen LogP contribution in [-0.2, 0) is 6.42 Å². The van der Waals surface area contributed by atoms with Crippen molar-refractivity contribution in [2.24, 2.45) is 5.10 Å². The smallest absolute Gasteiger partial charge is 0.291 e. The number of rotatable bonds is 5. The van der Waals surface area contributed by atoms with E-state index in [0.29, 0.717) is 12.0 Å². The first-order chi connectivity index (χ1) is 10.2. The number of phenolic OH excluding ortho intramolecular Hbond substituents is 1. The Morgan fingerprint density at radius 1 is 1.43 bits per heavy atom. The second kappa shape index (κ2) is 6.95. The van der Waals surface area contributed by atoms with Gasteiger partial charge in [-0.25, -0.2) is 10.4 Å². The zero-order valence-corrected chi connectivity index (χ0v) is 11.2. The van der Waals surface area contributed by atoms with Gasteiger partial charge < -0.3 is 5.11 Å². The zero-order chi connectivity index (χ0) is 15.1. The van der Waals surface area contributed by atoms with Crippen LogP contribution in [0.5, 0.6) is 5.75 Å². The van der Waals surface area contributed by atoms with Crippen LogP contribution in [-0.4, -0.2) is 27.2 Å². The maximum atomic E-state index is 11.7. The predicted octanol–water partition coefficient (Wildman–Crippen LogP) is 1.67. The lowest BCUT2D eigenvalue weighted by Crippen LogP contribution is -2.19. The number of carbonyl (C=O) groups is 1. The van der Waals surface area contributed by atoms with Gasteiger partial charge in [0.2, 0.25) is 0 Å². The first kappa shape index (κ1) is 14.4. The van der Waals surface area contributed by atoms with Crippen molar-refractivity contribution in [3.63, 3.8) is 0 Å². The summed E-state index contributed by atoms with van der Waals surface area (Å²) in [5.74, 6) is -0.351. The largest absolute Gasteiger partial charge is 0.507 e. The van der Waals surface area contributed by atoms with Gasteiger partial charge in [-0.15, -0.1) is 6.58 Å². The average Bonchev–Trinajstić information content (AvgIpc) is 2.52. The molecule has 0 fully saturated rings. The second-order valence-corrected chi connectivity index (χ2v) is 4.14. The topological polar surface area (TPSA) is 87.5 Å². The molecule has 2 aromatic rings. The van der Waals surface area contributed by atoms with Gasteiger partial charge in [-0.1, -0.05) is 18.2 Å². The standard InChI is InChI=1S/C15H14N4O2/c1-2-4-11-5-3-6-12(14(11)20)9-18-19-15(21)13-10-16-7-8-17-13/h2-3,5-10,20H,1,4H2,(H,19,21)/b18-9+. The van der Waals surface area contributed by atoms with Crippen LogP contribution in [0.2, 0.25) is 0 Å². The summed E-state index contributed by atoms with van der Waals surface area (Å²) in [6.45, 7) is 3.63. The summed E-state index contributed by atoms with van der Waals surface area (Å²) in [5.41, 5.74) is 3.74. The number of nitrogens with one attached hydrogen (secondary N) is 1. The van der Waals surface area contributed by atoms with E-state index in [1.807, 2.05) is 0 Å². The molecule has 106 valence electrons. The fourth-order valence-electron chi connectivity index (χ4n) is 1.67. The minimum absolute atomic E-state index is 0.120. The number of para-hydroxylation sites is 1. The van der Waals surface area contributed by atoms with Gasteiger partial charge in [0.05, 0.1) is 12.4 Å². The number of phenols is 1. The Bertz CT molecular complexity index is 669. The van der Waals surface area contributed by atoms with Crippen LogP contribution in [0.15, 0.2) is 54.5 Å². The highest BCUT2D eigenvalue weighted by Gasteiger charge is 2.06. The first-order valence-corrected chi connectivity index (χ1v) is 6.23. The molecule has 1 heterocycles. The molecule has 0 aliphatic heterocycles. The molecule has 0 radical (unpaired) electrons. The molecule has 1 aromatic carbocycles. The summed E-state index contributed by atoms with van der Waals surface area (Å²) >= 11 is 0. The van der Waals surface area contributed by atoms with Crippen molar-refractivity contribution in [1.82, 2.24) is 15.4 Å². The number of aromatic nitrogens is 2. The number of allylic oxidation sites excluding steroid dienone is 1. The number of carbonyl (C=O) groups excluding carboxylic acids is 1. The maximum Gasteiger partial charge on any atom is 0.291 e. The van der Waals surface area contributed by atoms with Crippen LogP contribution in [0.25, 0.3) is 0 Å². The molecule has 2 N–H and O–H groups in total. The number of benzene rings is 1. The summed E-state index contributed by atoms with van der Waals surface area (Å²) in [4.78, 5) is 19.3. The van der Waals surface area contributed by atoms with Crippen molar-refractivity contribution in [1.29, 1.82) is 0 Å². The lowest BCUT2D eigenvalue weighted by Gasteiger charge is -2.04. The zero-order valence-electron chi connectivity index (χ0n) is 11.2. The molecule has 6 nitrogen and oxygen atoms in total. The van der Waals surface area contributed by atoms with E-state index in [-0.39, 0.29) is 11.4 Å². The van der Waals surface area contributed by atoms with E-state index in [1.54, 1.807) is 24.3 Å². The molecular weight excluding hydrogens is 268 g/mol. The van der Waals surface area contributed by atoms with Gasteiger partial charge in [-0.05, 0) is 18.1 Å². The predicted molar refractivity (Wildman–Crippen MR) is 79.1 cm³/mol. The molecule has 0 atom stereocenters. The number of hydrogen-bond donors (Lipinski definition) is 2. The van der Waals surface area contributed by atoms with Crippen LogP contribution in [0.1, 0.15) is 21.6 Å². The van der Waals surface area contributed by atoms with Crippen molar-refractivity contribution in [3.8, 4) is 5.75 Å². The molecule has 0 aliphatic carbocycles. The molecule has 0 saturated carbocycles. The minimum atomic E-state index is -0.471. The monoisotopic (exact) mass is 282 g/mol. The number of hydrogen-bond acceptors (Lipinski definition) is 5. The van der Waals surface area contributed by atoms with E-state index in [9.17, 15) is 9.90 Å². The SMILES string of the molecule is C=CCc1cccc(/C=N/NC(=O)c2cnccn2)c1O. The quantitative estimate of drug-likeness (QED) is 0.496. The minimum Gasteiger partial charge on any atom is -0.507 e. The lowest BCUT2D eigenvalue weighted by molar-refractivity contribution is 0.0949. The van der Waals surface area contributed by atoms with E-state index in [0.717, 1.165) is 5.56 Å². The summed E-state index contributed by atoms with van der Waals surface area (Å²) in [5, 5.41) is 13.8. The molecule has 6 heteroatoms. The highest BCUT2D eigenvalue weighted by molar-refractivity contribution is 5.93. The van der Waals surface area contributed by atoms with Crippen molar-refractivity contribution < 1.29 is 9.90 Å². The van der Waals surface area contributed by atoms with E-state index in [4.69, 9.17) is 0 Å². The van der Waals surface area contributed by atoms with Gasteiger partial charge in [-0.2, -0.15) is 5.10 Å². The van der Waals surface area contributed by atoms with Gasteiger partial charge in [0, 0.05) is 18.0 Å². The molecule has 0 unspecified atom stereocenters. The molecular formula is C15H14N4O2. The molecule has 21 heavy (non-hydrogen) atoms. The molecule has 1 amide bonds. The van der Waals surface area contributed by atoms with Crippen LogP contribution >= 0.6 is 0 Å². The summed E-state index contributed by atoms with van der Waals surface area (Å²) < 4.78 is 0. The molecule has 1 aromatic heterocycles. The molecule has 2 rings (SSSR count). The molecule has 0 bridgehead atoms. The fourth-order valence-corrected chi connectivity index (χ4v) is 1.67. The van der Waals surface area contributed by atoms with Crippen molar-refractivity contribution in [2.45, 2.75) is 6.42 Å². The maximum absolute atomic E-state index is 11.7. The van der Waals surface area contributed by atoms with E-state index in [1.165, 1.54) is 24.8 Å². The van der Waals surface area contributed by atoms with E-state index < -0.39 is 5.91 Å². The Hall–Kier alpha value is -3.02. The van der Waals surface area contributed by atoms with Gasteiger partial charge in [-0.3, -0.25) is 9.78 Å². The summed E-state index contributed by atoms with van der Waals surface area (Å²) in [6.07, 6.45) is 7.86. The van der Waals surface area contributed by atoms with Crippen LogP contribution < -0.4 is 5.43 Å². The Morgan fingerprint density at radius 2 is 2.29 bits per heavy atom. The van der Waals surface area contributed by atoms with Gasteiger partial charge in [0.15, 0.2) is 0 Å². The highest BCUT2D eigenvalue weighted by atomic mass is 16.3. The Kier molecular flexibility index (Phi) is 4.76. The van der Waals surface area contributed by atoms with Crippen LogP contribution in [0.3, 0.4) is 0 Å². The average molecular weight is 282 g/mol. The third-order valence-corrected chi connectivity index (χ3v) is 2.68. The second-order valence-electron chi connectivity index (χ2n) is 4.14. The van der Waals surface area contributed by atoms with Crippen LogP contribution in [0, 0.1) is 0 Å². The lowest BCUT2D eigenvalue weighted by atomic mass is 10.1. The number of aromatic hydroxyl groups is 1. The summed E-state index contributed by atoms with van der Waals surface area (Å²) in [6, 6.07) is 5.29. The van der Waals surface area contributed by atoms with Crippen molar-refractivity contribution in [2.75, 3.05) is 0 Å². The number of amides is 1. The fraction of sp³-hybridized carbons (Fsp3) is 0.0667. The van der Waals surface area contributed by atoms with Gasteiger partial charge >= 0.3 is 0 Å². The Balaban J connectivity index is 2.07. The number of hydrazone groups is 1. The molecule has 0 aliphatic rings.